The van der Waals surface area contributed by atoms with E-state index in [1.165, 1.54) is 12.0 Å². The lowest BCUT2D eigenvalue weighted by Gasteiger charge is -2.32. The first-order valence-electron chi connectivity index (χ1n) is 9.26. The van der Waals surface area contributed by atoms with E-state index < -0.39 is 0 Å². The van der Waals surface area contributed by atoms with Gasteiger partial charge in [0.15, 0.2) is 5.96 Å². The number of aryl methyl sites for hydroxylation is 1. The molecule has 8 heteroatoms. The van der Waals surface area contributed by atoms with Crippen LogP contribution in [0.15, 0.2) is 21.8 Å². The molecule has 1 unspecified atom stereocenters. The Balaban J connectivity index is 0.00000261. The maximum Gasteiger partial charge on any atom is 0.194 e. The lowest BCUT2D eigenvalue weighted by Crippen LogP contribution is -2.42. The number of nitrogens with one attached hydrogen (secondary N) is 1. The molecule has 2 aromatic rings. The van der Waals surface area contributed by atoms with E-state index in [0.717, 1.165) is 49.4 Å². The van der Waals surface area contributed by atoms with Crippen LogP contribution < -0.4 is 5.32 Å². The van der Waals surface area contributed by atoms with Crippen LogP contribution >= 0.6 is 46.7 Å². The third kappa shape index (κ3) is 6.13. The van der Waals surface area contributed by atoms with Crippen LogP contribution in [0.2, 0.25) is 0 Å². The fourth-order valence-corrected chi connectivity index (χ4v) is 4.74. The summed E-state index contributed by atoms with van der Waals surface area (Å²) in [6.45, 7) is 11.1. The number of aromatic nitrogens is 1. The molecule has 0 saturated carbocycles. The number of thiazole rings is 1. The maximum atomic E-state index is 4.90. The molecule has 1 aliphatic rings. The third-order valence-electron chi connectivity index (χ3n) is 4.73. The van der Waals surface area contributed by atoms with Gasteiger partial charge in [0.05, 0.1) is 23.8 Å². The van der Waals surface area contributed by atoms with Crippen LogP contribution in [-0.4, -0.2) is 53.5 Å². The van der Waals surface area contributed by atoms with Crippen molar-refractivity contribution in [3.8, 4) is 0 Å². The van der Waals surface area contributed by atoms with Gasteiger partial charge in [-0.15, -0.1) is 46.7 Å². The number of aliphatic imine (C=N–C) groups is 1. The average Bonchev–Trinajstić information content (AvgIpc) is 3.26. The lowest BCUT2D eigenvalue weighted by molar-refractivity contribution is 0.196. The van der Waals surface area contributed by atoms with E-state index in [2.05, 4.69) is 57.8 Å². The fourth-order valence-electron chi connectivity index (χ4n) is 3.25. The zero-order valence-electron chi connectivity index (χ0n) is 16.6. The molecule has 1 atom stereocenters. The molecule has 1 aliphatic heterocycles. The SMILES string of the molecule is CCNC(=NCC(C)N1CCc2sccc2C1)N(C)Cc1csc(C)n1.I. The Bertz CT molecular complexity index is 742. The first-order chi connectivity index (χ1) is 12.6. The van der Waals surface area contributed by atoms with Crippen molar-refractivity contribution in [2.24, 2.45) is 4.99 Å². The van der Waals surface area contributed by atoms with Gasteiger partial charge in [-0.3, -0.25) is 9.89 Å². The van der Waals surface area contributed by atoms with E-state index in [1.807, 2.05) is 18.3 Å². The van der Waals surface area contributed by atoms with Crippen molar-refractivity contribution >= 4 is 52.6 Å². The number of thiophene rings is 1. The Morgan fingerprint density at radius 1 is 1.44 bits per heavy atom. The second-order valence-corrected chi connectivity index (χ2v) is 8.91. The molecule has 3 heterocycles. The van der Waals surface area contributed by atoms with Gasteiger partial charge in [0.1, 0.15) is 0 Å². The van der Waals surface area contributed by atoms with E-state index in [0.29, 0.717) is 6.04 Å². The molecular formula is C19H30IN5S2. The summed E-state index contributed by atoms with van der Waals surface area (Å²) in [4.78, 5) is 15.7. The molecule has 0 radical (unpaired) electrons. The summed E-state index contributed by atoms with van der Waals surface area (Å²) in [6.07, 6.45) is 1.17. The molecule has 2 aromatic heterocycles. The zero-order valence-corrected chi connectivity index (χ0v) is 20.5. The normalized spacial score (nSPS) is 15.8. The topological polar surface area (TPSA) is 43.8 Å². The molecule has 0 bridgehead atoms. The van der Waals surface area contributed by atoms with Crippen LogP contribution in [0.1, 0.15) is 35.0 Å². The lowest BCUT2D eigenvalue weighted by atomic mass is 10.1. The van der Waals surface area contributed by atoms with Crippen molar-refractivity contribution in [1.29, 1.82) is 0 Å². The van der Waals surface area contributed by atoms with Crippen molar-refractivity contribution in [1.82, 2.24) is 20.1 Å². The number of halogens is 1. The molecule has 0 spiro atoms. The second kappa shape index (κ2) is 10.7. The summed E-state index contributed by atoms with van der Waals surface area (Å²) in [6, 6.07) is 2.71. The molecule has 0 fully saturated rings. The second-order valence-electron chi connectivity index (χ2n) is 6.85. The number of nitrogens with zero attached hydrogens (tertiary/aromatic N) is 4. The van der Waals surface area contributed by atoms with Crippen molar-refractivity contribution < 1.29 is 0 Å². The molecule has 1 N–H and O–H groups in total. The minimum absolute atomic E-state index is 0. The molecule has 0 saturated heterocycles. The molecule has 150 valence electrons. The van der Waals surface area contributed by atoms with E-state index in [-0.39, 0.29) is 24.0 Å². The third-order valence-corrected chi connectivity index (χ3v) is 6.57. The van der Waals surface area contributed by atoms with Crippen molar-refractivity contribution in [3.05, 3.63) is 38.0 Å². The highest BCUT2D eigenvalue weighted by atomic mass is 127. The fraction of sp³-hybridized carbons (Fsp3) is 0.579. The minimum Gasteiger partial charge on any atom is -0.357 e. The Kier molecular flexibility index (Phi) is 8.97. The summed E-state index contributed by atoms with van der Waals surface area (Å²) in [5.74, 6) is 0.957. The van der Waals surface area contributed by atoms with E-state index in [4.69, 9.17) is 4.99 Å². The van der Waals surface area contributed by atoms with Gasteiger partial charge in [-0.25, -0.2) is 4.98 Å². The van der Waals surface area contributed by atoms with Gasteiger partial charge in [0, 0.05) is 43.0 Å². The summed E-state index contributed by atoms with van der Waals surface area (Å²) in [5.41, 5.74) is 2.61. The highest BCUT2D eigenvalue weighted by molar-refractivity contribution is 14.0. The molecule has 3 rings (SSSR count). The van der Waals surface area contributed by atoms with Gasteiger partial charge in [0.2, 0.25) is 0 Å². The number of hydrogen-bond acceptors (Lipinski definition) is 5. The minimum atomic E-state index is 0. The van der Waals surface area contributed by atoms with E-state index in [1.54, 1.807) is 16.2 Å². The van der Waals surface area contributed by atoms with Crippen molar-refractivity contribution in [2.45, 2.75) is 46.3 Å². The Hall–Kier alpha value is -0.710. The van der Waals surface area contributed by atoms with Crippen LogP contribution in [0.25, 0.3) is 0 Å². The van der Waals surface area contributed by atoms with Crippen LogP contribution in [0.5, 0.6) is 0 Å². The van der Waals surface area contributed by atoms with Crippen LogP contribution in [-0.2, 0) is 19.5 Å². The number of fused-ring (bicyclic) bond motifs is 1. The number of guanidine groups is 1. The van der Waals surface area contributed by atoms with Gasteiger partial charge in [-0.2, -0.15) is 0 Å². The molecule has 0 aliphatic carbocycles. The smallest absolute Gasteiger partial charge is 0.194 e. The monoisotopic (exact) mass is 519 g/mol. The Morgan fingerprint density at radius 2 is 2.26 bits per heavy atom. The van der Waals surface area contributed by atoms with E-state index >= 15 is 0 Å². The first-order valence-corrected chi connectivity index (χ1v) is 11.0. The summed E-state index contributed by atoms with van der Waals surface area (Å²) in [5, 5.41) is 8.87. The summed E-state index contributed by atoms with van der Waals surface area (Å²) >= 11 is 3.59. The van der Waals surface area contributed by atoms with Crippen LogP contribution in [0.3, 0.4) is 0 Å². The van der Waals surface area contributed by atoms with Crippen molar-refractivity contribution in [2.75, 3.05) is 26.7 Å². The number of hydrogen-bond donors (Lipinski definition) is 1. The van der Waals surface area contributed by atoms with Gasteiger partial charge in [-0.1, -0.05) is 0 Å². The number of rotatable bonds is 6. The highest BCUT2D eigenvalue weighted by Crippen LogP contribution is 2.25. The molecule has 0 aromatic carbocycles. The Labute approximate surface area is 187 Å². The maximum absolute atomic E-state index is 4.90. The Morgan fingerprint density at radius 3 is 2.96 bits per heavy atom. The largest absolute Gasteiger partial charge is 0.357 e. The van der Waals surface area contributed by atoms with Gasteiger partial charge < -0.3 is 10.2 Å². The van der Waals surface area contributed by atoms with Crippen LogP contribution in [0.4, 0.5) is 0 Å². The van der Waals surface area contributed by atoms with Gasteiger partial charge >= 0.3 is 0 Å². The quantitative estimate of drug-likeness (QED) is 0.357. The first kappa shape index (κ1) is 22.6. The molecule has 0 amide bonds. The predicted octanol–water partition coefficient (Wildman–Crippen LogP) is 3.98. The van der Waals surface area contributed by atoms with E-state index in [9.17, 15) is 0 Å². The standard InChI is InChI=1S/C19H29N5S2.HI/c1-5-20-19(23(4)12-17-13-26-15(3)22-17)21-10-14(2)24-8-6-18-16(11-24)7-9-25-18;/h7,9,13-14H,5-6,8,10-12H2,1-4H3,(H,20,21);1H. The van der Waals surface area contributed by atoms with Crippen LogP contribution in [0, 0.1) is 6.92 Å². The predicted molar refractivity (Wildman–Crippen MR) is 128 cm³/mol. The molecule has 27 heavy (non-hydrogen) atoms. The molecular weight excluding hydrogens is 489 g/mol. The summed E-state index contributed by atoms with van der Waals surface area (Å²) in [7, 11) is 2.08. The van der Waals surface area contributed by atoms with Gasteiger partial charge in [-0.05, 0) is 44.2 Å². The van der Waals surface area contributed by atoms with Gasteiger partial charge in [0.25, 0.3) is 0 Å². The average molecular weight is 520 g/mol. The highest BCUT2D eigenvalue weighted by Gasteiger charge is 2.21. The zero-order chi connectivity index (χ0) is 18.5. The molecule has 5 nitrogen and oxygen atoms in total. The summed E-state index contributed by atoms with van der Waals surface area (Å²) < 4.78 is 0. The van der Waals surface area contributed by atoms with Crippen molar-refractivity contribution in [3.63, 3.8) is 0 Å².